The Morgan fingerprint density at radius 3 is 2.55 bits per heavy atom. The van der Waals surface area contributed by atoms with Crippen LogP contribution in [0.1, 0.15) is 21.5 Å². The second-order valence-electron chi connectivity index (χ2n) is 6.90. The van der Waals surface area contributed by atoms with Crippen LogP contribution in [-0.2, 0) is 6.61 Å². The van der Waals surface area contributed by atoms with Gasteiger partial charge in [0.05, 0.1) is 6.21 Å². The lowest BCUT2D eigenvalue weighted by Gasteiger charge is -2.08. The van der Waals surface area contributed by atoms with E-state index >= 15 is 0 Å². The highest BCUT2D eigenvalue weighted by Crippen LogP contribution is 2.22. The Bertz CT molecular complexity index is 1250. The summed E-state index contributed by atoms with van der Waals surface area (Å²) >= 11 is 3.33. The summed E-state index contributed by atoms with van der Waals surface area (Å²) in [6.45, 7) is 0.403. The van der Waals surface area contributed by atoms with Crippen LogP contribution in [0.3, 0.4) is 0 Å². The molecule has 0 aromatic heterocycles. The average Bonchev–Trinajstić information content (AvgIpc) is 2.80. The summed E-state index contributed by atoms with van der Waals surface area (Å²) in [5.41, 5.74) is 4.39. The van der Waals surface area contributed by atoms with Crippen LogP contribution in [0.25, 0.3) is 10.8 Å². The van der Waals surface area contributed by atoms with Crippen molar-refractivity contribution in [1.82, 2.24) is 5.43 Å². The van der Waals surface area contributed by atoms with Crippen LogP contribution in [0, 0.1) is 0 Å². The minimum atomic E-state index is -0.340. The molecule has 0 radical (unpaired) electrons. The van der Waals surface area contributed by atoms with Crippen LogP contribution in [-0.4, -0.2) is 17.2 Å². The van der Waals surface area contributed by atoms with Gasteiger partial charge in [-0.05, 0) is 58.8 Å². The third kappa shape index (κ3) is 5.29. The number of fused-ring (bicyclic) bond motifs is 1. The van der Waals surface area contributed by atoms with Gasteiger partial charge in [0.2, 0.25) is 0 Å². The van der Waals surface area contributed by atoms with E-state index in [1.165, 1.54) is 11.6 Å². The van der Waals surface area contributed by atoms with Gasteiger partial charge in [-0.3, -0.25) is 4.79 Å². The highest BCUT2D eigenvalue weighted by atomic mass is 79.9. The molecule has 2 N–H and O–H groups in total. The van der Waals surface area contributed by atoms with E-state index in [9.17, 15) is 9.90 Å². The van der Waals surface area contributed by atoms with Crippen LogP contribution in [0.4, 0.5) is 0 Å². The molecule has 31 heavy (non-hydrogen) atoms. The van der Waals surface area contributed by atoms with Gasteiger partial charge in [-0.2, -0.15) is 5.10 Å². The molecule has 0 saturated heterocycles. The Hall–Kier alpha value is -3.64. The van der Waals surface area contributed by atoms with E-state index in [0.717, 1.165) is 21.2 Å². The molecule has 0 unspecified atom stereocenters. The van der Waals surface area contributed by atoms with E-state index in [4.69, 9.17) is 4.74 Å². The molecule has 4 aromatic rings. The number of amides is 1. The quantitative estimate of drug-likeness (QED) is 0.280. The summed E-state index contributed by atoms with van der Waals surface area (Å²) in [7, 11) is 0. The van der Waals surface area contributed by atoms with E-state index in [0.29, 0.717) is 17.7 Å². The largest absolute Gasteiger partial charge is 0.507 e. The van der Waals surface area contributed by atoms with Gasteiger partial charge in [0.1, 0.15) is 18.1 Å². The van der Waals surface area contributed by atoms with Crippen molar-refractivity contribution in [3.05, 3.63) is 106 Å². The maximum absolute atomic E-state index is 12.3. The topological polar surface area (TPSA) is 70.9 Å². The average molecular weight is 475 g/mol. The lowest BCUT2D eigenvalue weighted by atomic mass is 10.1. The highest BCUT2D eigenvalue weighted by molar-refractivity contribution is 9.10. The van der Waals surface area contributed by atoms with Gasteiger partial charge in [-0.1, -0.05) is 58.4 Å². The smallest absolute Gasteiger partial charge is 0.271 e. The highest BCUT2D eigenvalue weighted by Gasteiger charge is 2.05. The molecule has 0 saturated carbocycles. The van der Waals surface area contributed by atoms with Crippen molar-refractivity contribution in [3.63, 3.8) is 0 Å². The maximum Gasteiger partial charge on any atom is 0.271 e. The number of nitrogens with one attached hydrogen (secondary N) is 1. The minimum Gasteiger partial charge on any atom is -0.507 e. The first-order valence-corrected chi connectivity index (χ1v) is 10.4. The second-order valence-corrected chi connectivity index (χ2v) is 7.81. The summed E-state index contributed by atoms with van der Waals surface area (Å²) in [5, 5.41) is 16.0. The number of phenols is 1. The van der Waals surface area contributed by atoms with Crippen molar-refractivity contribution in [2.24, 2.45) is 5.10 Å². The first-order valence-electron chi connectivity index (χ1n) is 9.61. The van der Waals surface area contributed by atoms with Gasteiger partial charge in [-0.25, -0.2) is 5.43 Å². The van der Waals surface area contributed by atoms with Crippen LogP contribution in [0.15, 0.2) is 94.5 Å². The van der Waals surface area contributed by atoms with Crippen LogP contribution < -0.4 is 10.2 Å². The van der Waals surface area contributed by atoms with Crippen molar-refractivity contribution in [2.75, 3.05) is 0 Å². The van der Waals surface area contributed by atoms with E-state index < -0.39 is 0 Å². The normalized spacial score (nSPS) is 11.0. The molecule has 1 amide bonds. The molecule has 0 bridgehead atoms. The summed E-state index contributed by atoms with van der Waals surface area (Å²) in [6, 6.07) is 26.2. The van der Waals surface area contributed by atoms with Crippen molar-refractivity contribution < 1.29 is 14.6 Å². The standard InChI is InChI=1S/C25H19BrN2O3/c26-22-10-12-24(29)21(13-22)15-27-28-25(30)19-7-5-17(6-8-19)16-31-23-11-9-18-3-1-2-4-20(18)14-23/h1-15,29H,16H2,(H,28,30). The van der Waals surface area contributed by atoms with Gasteiger partial charge in [0.15, 0.2) is 0 Å². The monoisotopic (exact) mass is 474 g/mol. The number of halogens is 1. The molecule has 0 atom stereocenters. The minimum absolute atomic E-state index is 0.0805. The van der Waals surface area contributed by atoms with E-state index in [-0.39, 0.29) is 11.7 Å². The second kappa shape index (κ2) is 9.45. The molecular weight excluding hydrogens is 456 g/mol. The van der Waals surface area contributed by atoms with Gasteiger partial charge < -0.3 is 9.84 Å². The van der Waals surface area contributed by atoms with Gasteiger partial charge in [-0.15, -0.1) is 0 Å². The first-order chi connectivity index (χ1) is 15.1. The molecule has 0 aliphatic rings. The number of hydrogen-bond donors (Lipinski definition) is 2. The number of rotatable bonds is 6. The molecule has 0 spiro atoms. The Labute approximate surface area is 188 Å². The van der Waals surface area contributed by atoms with Crippen molar-refractivity contribution in [1.29, 1.82) is 0 Å². The van der Waals surface area contributed by atoms with Crippen LogP contribution in [0.5, 0.6) is 11.5 Å². The first kappa shape index (κ1) is 20.6. The zero-order valence-electron chi connectivity index (χ0n) is 16.5. The lowest BCUT2D eigenvalue weighted by molar-refractivity contribution is 0.0955. The molecule has 0 aliphatic heterocycles. The van der Waals surface area contributed by atoms with Crippen molar-refractivity contribution in [2.45, 2.75) is 6.61 Å². The Morgan fingerprint density at radius 1 is 0.968 bits per heavy atom. The summed E-state index contributed by atoms with van der Waals surface area (Å²) in [4.78, 5) is 12.3. The Morgan fingerprint density at radius 2 is 1.74 bits per heavy atom. The van der Waals surface area contributed by atoms with E-state index in [2.05, 4.69) is 38.6 Å². The summed E-state index contributed by atoms with van der Waals surface area (Å²) < 4.78 is 6.69. The molecule has 6 heteroatoms. The van der Waals surface area contributed by atoms with E-state index in [1.807, 2.05) is 42.5 Å². The zero-order valence-corrected chi connectivity index (χ0v) is 18.0. The fraction of sp³-hybridized carbons (Fsp3) is 0.0400. The third-order valence-electron chi connectivity index (χ3n) is 4.70. The van der Waals surface area contributed by atoms with Gasteiger partial charge in [0.25, 0.3) is 5.91 Å². The molecule has 154 valence electrons. The Kier molecular flexibility index (Phi) is 6.29. The molecule has 4 rings (SSSR count). The lowest BCUT2D eigenvalue weighted by Crippen LogP contribution is -2.17. The molecule has 5 nitrogen and oxygen atoms in total. The predicted octanol–water partition coefficient (Wildman–Crippen LogP) is 5.65. The number of hydrazone groups is 1. The van der Waals surface area contributed by atoms with Gasteiger partial charge in [0, 0.05) is 15.6 Å². The van der Waals surface area contributed by atoms with Crippen molar-refractivity contribution in [3.8, 4) is 11.5 Å². The fourth-order valence-electron chi connectivity index (χ4n) is 3.03. The number of nitrogens with zero attached hydrogens (tertiary/aromatic N) is 1. The Balaban J connectivity index is 1.34. The summed E-state index contributed by atoms with van der Waals surface area (Å²) in [5.74, 6) is 0.537. The molecule has 0 aliphatic carbocycles. The fourth-order valence-corrected chi connectivity index (χ4v) is 3.41. The number of carbonyl (C=O) groups excluding carboxylic acids is 1. The number of ether oxygens (including phenoxy) is 1. The summed E-state index contributed by atoms with van der Waals surface area (Å²) in [6.07, 6.45) is 1.39. The number of phenolic OH excluding ortho intramolecular Hbond substituents is 1. The molecule has 0 fully saturated rings. The third-order valence-corrected chi connectivity index (χ3v) is 5.20. The van der Waals surface area contributed by atoms with Crippen LogP contribution >= 0.6 is 15.9 Å². The number of aromatic hydroxyl groups is 1. The van der Waals surface area contributed by atoms with Crippen molar-refractivity contribution >= 4 is 38.8 Å². The predicted molar refractivity (Wildman–Crippen MR) is 126 cm³/mol. The zero-order chi connectivity index (χ0) is 21.6. The van der Waals surface area contributed by atoms with E-state index in [1.54, 1.807) is 30.3 Å². The molecular formula is C25H19BrN2O3. The van der Waals surface area contributed by atoms with Crippen LogP contribution in [0.2, 0.25) is 0 Å². The van der Waals surface area contributed by atoms with Gasteiger partial charge >= 0.3 is 0 Å². The molecule has 4 aromatic carbocycles. The number of benzene rings is 4. The number of carbonyl (C=O) groups is 1. The number of hydrogen-bond acceptors (Lipinski definition) is 4. The maximum atomic E-state index is 12.3. The molecule has 0 heterocycles. The SMILES string of the molecule is O=C(NN=Cc1cc(Br)ccc1O)c1ccc(COc2ccc3ccccc3c2)cc1.